The average molecular weight is 759 g/mol. The minimum atomic E-state index is 0.837. The summed E-state index contributed by atoms with van der Waals surface area (Å²) in [5.74, 6) is 0. The van der Waals surface area contributed by atoms with Crippen LogP contribution >= 0.6 is 0 Å². The Labute approximate surface area is 349 Å². The third-order valence-corrected chi connectivity index (χ3v) is 11.1. The smallest absolute Gasteiger partial charge is 0.0979 e. The van der Waals surface area contributed by atoms with Gasteiger partial charge >= 0.3 is 0 Å². The van der Waals surface area contributed by atoms with Gasteiger partial charge in [-0.3, -0.25) is 0 Å². The fraction of sp³-hybridized carbons (Fsp3) is 0.0877. The van der Waals surface area contributed by atoms with Gasteiger partial charge < -0.3 is 9.80 Å². The molecule has 0 fully saturated rings. The zero-order valence-electron chi connectivity index (χ0n) is 33.4. The van der Waals surface area contributed by atoms with Crippen molar-refractivity contribution in [3.8, 4) is 22.3 Å². The predicted octanol–water partition coefficient (Wildman–Crippen LogP) is 15.3. The Morgan fingerprint density at radius 2 is 1.12 bits per heavy atom. The molecule has 0 heterocycles. The van der Waals surface area contributed by atoms with Crippen molar-refractivity contribution in [1.29, 1.82) is 0 Å². The van der Waals surface area contributed by atoms with Gasteiger partial charge in [-0.1, -0.05) is 152 Å². The first-order valence-electron chi connectivity index (χ1n) is 20.6. The SMILES string of the molecule is CC1=CC(C2=CCCC=C2)=CCC=C1N(C1=CCC=CC(c2cccc(-c3cc#cc(N(c4ccccc4)c4ccc(-c5ccccc5)cc4)c3)c2)=C1)c1ccccc1. The summed E-state index contributed by atoms with van der Waals surface area (Å²) in [5, 5.41) is 0. The highest BCUT2D eigenvalue weighted by atomic mass is 15.2. The minimum absolute atomic E-state index is 0.837. The predicted molar refractivity (Wildman–Crippen MR) is 249 cm³/mol. The topological polar surface area (TPSA) is 6.48 Å². The van der Waals surface area contributed by atoms with Gasteiger partial charge in [0, 0.05) is 28.5 Å². The molecule has 0 saturated carbocycles. The molecule has 0 aliphatic heterocycles. The molecule has 2 heteroatoms. The molecule has 0 atom stereocenters. The average Bonchev–Trinajstić information content (AvgIpc) is 3.67. The first-order chi connectivity index (χ1) is 29.2. The van der Waals surface area contributed by atoms with E-state index in [2.05, 4.69) is 235 Å². The van der Waals surface area contributed by atoms with Crippen molar-refractivity contribution in [3.63, 3.8) is 0 Å². The van der Waals surface area contributed by atoms with Crippen molar-refractivity contribution < 1.29 is 0 Å². The lowest BCUT2D eigenvalue weighted by molar-refractivity contribution is 1.02. The molecule has 6 aromatic carbocycles. The van der Waals surface area contributed by atoms with E-state index in [0.717, 1.165) is 70.8 Å². The van der Waals surface area contributed by atoms with Gasteiger partial charge in [0.1, 0.15) is 0 Å². The molecule has 284 valence electrons. The fourth-order valence-corrected chi connectivity index (χ4v) is 8.13. The molecular formula is C57H46N2. The number of rotatable bonds is 10. The van der Waals surface area contributed by atoms with Crippen molar-refractivity contribution in [1.82, 2.24) is 0 Å². The maximum absolute atomic E-state index is 3.45. The molecule has 0 amide bonds. The molecule has 0 aromatic heterocycles. The van der Waals surface area contributed by atoms with Gasteiger partial charge in [0.15, 0.2) is 0 Å². The van der Waals surface area contributed by atoms with Gasteiger partial charge in [0.2, 0.25) is 0 Å². The largest absolute Gasteiger partial charge is 0.311 e. The monoisotopic (exact) mass is 758 g/mol. The first kappa shape index (κ1) is 37.2. The van der Waals surface area contributed by atoms with Crippen LogP contribution in [0.5, 0.6) is 0 Å². The van der Waals surface area contributed by atoms with Gasteiger partial charge in [-0.05, 0) is 156 Å². The summed E-state index contributed by atoms with van der Waals surface area (Å²) in [5.41, 5.74) is 17.4. The van der Waals surface area contributed by atoms with E-state index < -0.39 is 0 Å². The highest BCUT2D eigenvalue weighted by molar-refractivity contribution is 5.84. The van der Waals surface area contributed by atoms with E-state index in [9.17, 15) is 0 Å². The van der Waals surface area contributed by atoms with Gasteiger partial charge in [0.25, 0.3) is 0 Å². The summed E-state index contributed by atoms with van der Waals surface area (Å²) >= 11 is 0. The van der Waals surface area contributed by atoms with Crippen LogP contribution in [0, 0.1) is 12.1 Å². The van der Waals surface area contributed by atoms with E-state index in [1.807, 2.05) is 6.07 Å². The highest BCUT2D eigenvalue weighted by Gasteiger charge is 2.21. The number of allylic oxidation sites excluding steroid dienone is 14. The lowest BCUT2D eigenvalue weighted by Crippen LogP contribution is -2.22. The molecule has 6 aromatic rings. The molecular weight excluding hydrogens is 713 g/mol. The molecule has 0 spiro atoms. The van der Waals surface area contributed by atoms with Gasteiger partial charge in [-0.25, -0.2) is 0 Å². The second kappa shape index (κ2) is 17.4. The second-order valence-electron chi connectivity index (χ2n) is 15.1. The summed E-state index contributed by atoms with van der Waals surface area (Å²) in [4.78, 5) is 4.69. The molecule has 0 radical (unpaired) electrons. The normalized spacial score (nSPS) is 14.9. The highest BCUT2D eigenvalue weighted by Crippen LogP contribution is 2.38. The van der Waals surface area contributed by atoms with E-state index in [0.29, 0.717) is 0 Å². The van der Waals surface area contributed by atoms with Crippen molar-refractivity contribution in [2.24, 2.45) is 0 Å². The van der Waals surface area contributed by atoms with Crippen molar-refractivity contribution in [2.45, 2.75) is 32.6 Å². The Balaban J connectivity index is 1.05. The molecule has 3 aliphatic carbocycles. The summed E-state index contributed by atoms with van der Waals surface area (Å²) in [7, 11) is 0. The summed E-state index contributed by atoms with van der Waals surface area (Å²) < 4.78 is 0. The van der Waals surface area contributed by atoms with Crippen LogP contribution in [0.15, 0.2) is 241 Å². The van der Waals surface area contributed by atoms with E-state index in [1.54, 1.807) is 0 Å². The molecule has 0 unspecified atom stereocenters. The molecule has 2 nitrogen and oxygen atoms in total. The van der Waals surface area contributed by atoms with Gasteiger partial charge in [0.05, 0.1) is 5.69 Å². The van der Waals surface area contributed by atoms with Crippen LogP contribution in [0.3, 0.4) is 0 Å². The van der Waals surface area contributed by atoms with Crippen LogP contribution in [0.2, 0.25) is 0 Å². The van der Waals surface area contributed by atoms with Gasteiger partial charge in [-0.2, -0.15) is 0 Å². The number of para-hydroxylation sites is 2. The lowest BCUT2D eigenvalue weighted by atomic mass is 9.97. The second-order valence-corrected chi connectivity index (χ2v) is 15.1. The third kappa shape index (κ3) is 8.38. The van der Waals surface area contributed by atoms with Crippen LogP contribution in [0.4, 0.5) is 22.7 Å². The van der Waals surface area contributed by atoms with E-state index >= 15 is 0 Å². The Bertz CT molecular complexity index is 2680. The quantitative estimate of drug-likeness (QED) is 0.137. The maximum Gasteiger partial charge on any atom is 0.0979 e. The van der Waals surface area contributed by atoms with Crippen molar-refractivity contribution in [2.75, 3.05) is 9.80 Å². The maximum atomic E-state index is 3.45. The summed E-state index contributed by atoms with van der Waals surface area (Å²) in [6, 6.07) is 60.5. The Morgan fingerprint density at radius 1 is 0.458 bits per heavy atom. The Morgan fingerprint density at radius 3 is 1.86 bits per heavy atom. The number of hydrogen-bond acceptors (Lipinski definition) is 2. The molecule has 0 N–H and O–H groups in total. The zero-order valence-corrected chi connectivity index (χ0v) is 33.4. The molecule has 0 saturated heterocycles. The lowest BCUT2D eigenvalue weighted by Gasteiger charge is -2.30. The fourth-order valence-electron chi connectivity index (χ4n) is 8.13. The van der Waals surface area contributed by atoms with Crippen LogP contribution in [-0.2, 0) is 0 Å². The zero-order chi connectivity index (χ0) is 39.8. The third-order valence-electron chi connectivity index (χ3n) is 11.1. The van der Waals surface area contributed by atoms with Crippen LogP contribution in [0.25, 0.3) is 27.8 Å². The first-order valence-corrected chi connectivity index (χ1v) is 20.6. The van der Waals surface area contributed by atoms with E-state index in [-0.39, 0.29) is 0 Å². The molecule has 3 aliphatic rings. The van der Waals surface area contributed by atoms with Crippen LogP contribution < -0.4 is 9.80 Å². The number of hydrogen-bond donors (Lipinski definition) is 0. The van der Waals surface area contributed by atoms with E-state index in [4.69, 9.17) is 0 Å². The number of benzene rings is 5. The summed E-state index contributed by atoms with van der Waals surface area (Å²) in [6.45, 7) is 2.25. The van der Waals surface area contributed by atoms with E-state index in [1.165, 1.54) is 39.1 Å². The number of nitrogens with zero attached hydrogens (tertiary/aromatic N) is 2. The Kier molecular flexibility index (Phi) is 11.0. The molecule has 0 bridgehead atoms. The van der Waals surface area contributed by atoms with Gasteiger partial charge in [-0.15, -0.1) is 0 Å². The summed E-state index contributed by atoms with van der Waals surface area (Å²) in [6.07, 6.45) is 27.2. The number of anilines is 4. The van der Waals surface area contributed by atoms with Crippen LogP contribution in [0.1, 0.15) is 38.2 Å². The van der Waals surface area contributed by atoms with Crippen molar-refractivity contribution >= 4 is 28.3 Å². The standard InChI is InChI=1S/C57H46N2/c1-43-39-47(45-21-8-3-9-22-45)27-18-34-57(43)59(53-30-12-5-13-31-53)56-32-15-14-23-50(42-56)48-24-16-25-49(40-48)51-26-17-33-55(41-51)58(52-28-10-4-11-29-52)54-37-35-46(36-38-54)44-19-6-2-7-20-44/h2,4-8,10-14,16,19-32,34-42H,3,9,15,18H2,1H3. The molecule has 9 rings (SSSR count). The Hall–Kier alpha value is -7.34. The van der Waals surface area contributed by atoms with Crippen LogP contribution in [-0.4, -0.2) is 0 Å². The minimum Gasteiger partial charge on any atom is -0.311 e. The molecule has 59 heavy (non-hydrogen) atoms. The van der Waals surface area contributed by atoms with Crippen molar-refractivity contribution in [3.05, 3.63) is 258 Å².